The van der Waals surface area contributed by atoms with Gasteiger partial charge in [0.15, 0.2) is 0 Å². The summed E-state index contributed by atoms with van der Waals surface area (Å²) in [6, 6.07) is 7.77. The number of pyridine rings is 2. The van der Waals surface area contributed by atoms with Crippen molar-refractivity contribution in [1.29, 1.82) is 0 Å². The Labute approximate surface area is 205 Å². The molecule has 1 aliphatic carbocycles. The van der Waals surface area contributed by atoms with E-state index in [1.54, 1.807) is 18.2 Å². The minimum absolute atomic E-state index is 0.0621. The number of thiophene rings is 1. The summed E-state index contributed by atoms with van der Waals surface area (Å²) in [6.07, 6.45) is 3.76. The Morgan fingerprint density at radius 1 is 1.29 bits per heavy atom. The van der Waals surface area contributed by atoms with Gasteiger partial charge in [-0.25, -0.2) is 9.37 Å². The molecule has 0 radical (unpaired) electrons. The Balaban J connectivity index is 1.17. The van der Waals surface area contributed by atoms with Gasteiger partial charge in [0.1, 0.15) is 11.4 Å². The molecule has 1 atom stereocenters. The lowest BCUT2D eigenvalue weighted by Gasteiger charge is -2.37. The van der Waals surface area contributed by atoms with E-state index in [9.17, 15) is 14.0 Å². The van der Waals surface area contributed by atoms with Crippen LogP contribution < -0.4 is 15.8 Å². The standard InChI is InChI=1S/C26H25FN4O3S/c1-13-12-35-22-10-20(24(28)32)26(31-23(13)22)34-14(2)5-15-6-19(7-15)30-25(33)17-8-16-9-18(27)3-4-21(16)29-11-17/h3-4,8-12,14-15,19H,5-7H2,1-2H3,(H2,28,32)(H,30,33)/t14-,15?,19?/m0/s1. The van der Waals surface area contributed by atoms with E-state index in [0.29, 0.717) is 22.4 Å². The van der Waals surface area contributed by atoms with Gasteiger partial charge in [-0.3, -0.25) is 14.6 Å². The van der Waals surface area contributed by atoms with Crippen molar-refractivity contribution in [3.8, 4) is 5.88 Å². The molecule has 180 valence electrons. The normalized spacial score (nSPS) is 18.3. The number of hydrogen-bond acceptors (Lipinski definition) is 6. The third-order valence-electron chi connectivity index (χ3n) is 6.41. The SMILES string of the molecule is Cc1csc2cc(C(N)=O)c(O[C@@H](C)CC3CC(NC(=O)c4cnc5ccc(F)cc5c4)C3)nc12. The fourth-order valence-electron chi connectivity index (χ4n) is 4.57. The number of ether oxygens (including phenoxy) is 1. The molecule has 5 rings (SSSR count). The van der Waals surface area contributed by atoms with Gasteiger partial charge < -0.3 is 15.8 Å². The highest BCUT2D eigenvalue weighted by atomic mass is 32.1. The summed E-state index contributed by atoms with van der Waals surface area (Å²) in [4.78, 5) is 33.4. The lowest BCUT2D eigenvalue weighted by molar-refractivity contribution is 0.0847. The highest BCUT2D eigenvalue weighted by Gasteiger charge is 2.32. The number of benzene rings is 1. The molecule has 4 aromatic rings. The van der Waals surface area contributed by atoms with Crippen molar-refractivity contribution < 1.29 is 18.7 Å². The molecule has 1 aromatic carbocycles. The second kappa shape index (κ2) is 9.22. The van der Waals surface area contributed by atoms with E-state index in [1.165, 1.54) is 29.7 Å². The molecule has 9 heteroatoms. The Morgan fingerprint density at radius 3 is 2.86 bits per heavy atom. The fourth-order valence-corrected chi connectivity index (χ4v) is 5.49. The Hall–Kier alpha value is -3.59. The predicted molar refractivity (Wildman–Crippen MR) is 133 cm³/mol. The summed E-state index contributed by atoms with van der Waals surface area (Å²) in [5.74, 6) is -0.499. The molecule has 0 saturated heterocycles. The van der Waals surface area contributed by atoms with Crippen molar-refractivity contribution in [3.05, 3.63) is 64.4 Å². The predicted octanol–water partition coefficient (Wildman–Crippen LogP) is 4.76. The van der Waals surface area contributed by atoms with Gasteiger partial charge in [0.05, 0.1) is 27.4 Å². The summed E-state index contributed by atoms with van der Waals surface area (Å²) < 4.78 is 20.4. The van der Waals surface area contributed by atoms with E-state index >= 15 is 0 Å². The van der Waals surface area contributed by atoms with Crippen LogP contribution in [0.4, 0.5) is 4.39 Å². The summed E-state index contributed by atoms with van der Waals surface area (Å²) >= 11 is 1.52. The molecule has 0 aliphatic heterocycles. The smallest absolute Gasteiger partial charge is 0.254 e. The number of halogens is 1. The van der Waals surface area contributed by atoms with Crippen LogP contribution in [0, 0.1) is 18.7 Å². The van der Waals surface area contributed by atoms with Gasteiger partial charge >= 0.3 is 0 Å². The molecule has 1 saturated carbocycles. The van der Waals surface area contributed by atoms with Crippen molar-refractivity contribution in [3.63, 3.8) is 0 Å². The molecule has 7 nitrogen and oxygen atoms in total. The molecule has 1 fully saturated rings. The molecule has 2 amide bonds. The second-order valence-electron chi connectivity index (χ2n) is 9.20. The highest BCUT2D eigenvalue weighted by molar-refractivity contribution is 7.17. The zero-order chi connectivity index (χ0) is 24.7. The lowest BCUT2D eigenvalue weighted by atomic mass is 9.77. The number of carbonyl (C=O) groups excluding carboxylic acids is 2. The van der Waals surface area contributed by atoms with Gasteiger partial charge in [-0.2, -0.15) is 0 Å². The molecule has 0 unspecified atom stereocenters. The fraction of sp³-hybridized carbons (Fsp3) is 0.308. The zero-order valence-corrected chi connectivity index (χ0v) is 20.2. The van der Waals surface area contributed by atoms with Gasteiger partial charge in [0.25, 0.3) is 11.8 Å². The number of nitrogens with two attached hydrogens (primary N) is 1. The number of aryl methyl sites for hydroxylation is 1. The number of nitrogens with zero attached hydrogens (tertiary/aromatic N) is 2. The highest BCUT2D eigenvalue weighted by Crippen LogP contribution is 2.34. The maximum atomic E-state index is 13.5. The first kappa shape index (κ1) is 23.2. The number of amides is 2. The number of primary amides is 1. The van der Waals surface area contributed by atoms with Crippen LogP contribution in [0.3, 0.4) is 0 Å². The number of aromatic nitrogens is 2. The lowest BCUT2D eigenvalue weighted by Crippen LogP contribution is -2.45. The van der Waals surface area contributed by atoms with Crippen LogP contribution in [-0.4, -0.2) is 33.9 Å². The maximum absolute atomic E-state index is 13.5. The van der Waals surface area contributed by atoms with Crippen LogP contribution in [0.25, 0.3) is 21.1 Å². The number of nitrogens with one attached hydrogen (secondary N) is 1. The van der Waals surface area contributed by atoms with Crippen LogP contribution >= 0.6 is 11.3 Å². The molecule has 3 N–H and O–H groups in total. The molecular weight excluding hydrogens is 467 g/mol. The third-order valence-corrected chi connectivity index (χ3v) is 7.45. The van der Waals surface area contributed by atoms with Crippen LogP contribution in [0.15, 0.2) is 41.9 Å². The largest absolute Gasteiger partial charge is 0.474 e. The van der Waals surface area contributed by atoms with E-state index in [0.717, 1.165) is 35.0 Å². The first-order valence-corrected chi connectivity index (χ1v) is 12.4. The first-order valence-electron chi connectivity index (χ1n) is 11.5. The average molecular weight is 493 g/mol. The number of hydrogen-bond donors (Lipinski definition) is 2. The van der Waals surface area contributed by atoms with E-state index in [2.05, 4.69) is 15.3 Å². The quantitative estimate of drug-likeness (QED) is 0.387. The average Bonchev–Trinajstić information content (AvgIpc) is 3.16. The first-order chi connectivity index (χ1) is 16.8. The minimum atomic E-state index is -0.565. The third kappa shape index (κ3) is 4.81. The molecule has 0 bridgehead atoms. The molecule has 3 heterocycles. The Morgan fingerprint density at radius 2 is 2.09 bits per heavy atom. The van der Waals surface area contributed by atoms with Crippen LogP contribution in [0.5, 0.6) is 5.88 Å². The Kier molecular flexibility index (Phi) is 6.10. The van der Waals surface area contributed by atoms with E-state index < -0.39 is 5.91 Å². The van der Waals surface area contributed by atoms with E-state index in [-0.39, 0.29) is 35.3 Å². The summed E-state index contributed by atoms with van der Waals surface area (Å²) in [5.41, 5.74) is 8.75. The molecule has 35 heavy (non-hydrogen) atoms. The van der Waals surface area contributed by atoms with Crippen LogP contribution in [0.2, 0.25) is 0 Å². The monoisotopic (exact) mass is 492 g/mol. The Bertz CT molecular complexity index is 1450. The van der Waals surface area contributed by atoms with Crippen molar-refractivity contribution in [2.75, 3.05) is 0 Å². The molecular formula is C26H25FN4O3S. The van der Waals surface area contributed by atoms with E-state index in [4.69, 9.17) is 10.5 Å². The van der Waals surface area contributed by atoms with E-state index in [1.807, 2.05) is 19.2 Å². The van der Waals surface area contributed by atoms with Gasteiger partial charge in [-0.05, 0) is 80.3 Å². The molecule has 1 aliphatic rings. The van der Waals surface area contributed by atoms with Crippen molar-refractivity contribution >= 4 is 44.3 Å². The van der Waals surface area contributed by atoms with Crippen molar-refractivity contribution in [2.45, 2.75) is 45.3 Å². The van der Waals surface area contributed by atoms with Gasteiger partial charge in [-0.15, -0.1) is 11.3 Å². The number of fused-ring (bicyclic) bond motifs is 2. The number of rotatable bonds is 7. The maximum Gasteiger partial charge on any atom is 0.254 e. The van der Waals surface area contributed by atoms with Crippen LogP contribution in [-0.2, 0) is 0 Å². The van der Waals surface area contributed by atoms with Gasteiger partial charge in [0.2, 0.25) is 5.88 Å². The van der Waals surface area contributed by atoms with Crippen LogP contribution in [0.1, 0.15) is 52.5 Å². The number of carbonyl (C=O) groups is 2. The summed E-state index contributed by atoms with van der Waals surface area (Å²) in [6.45, 7) is 3.92. The topological polar surface area (TPSA) is 107 Å². The summed E-state index contributed by atoms with van der Waals surface area (Å²) in [5, 5.41) is 5.61. The van der Waals surface area contributed by atoms with Crippen molar-refractivity contribution in [2.24, 2.45) is 11.7 Å². The zero-order valence-electron chi connectivity index (χ0n) is 19.4. The van der Waals surface area contributed by atoms with Gasteiger partial charge in [-0.1, -0.05) is 0 Å². The summed E-state index contributed by atoms with van der Waals surface area (Å²) in [7, 11) is 0. The minimum Gasteiger partial charge on any atom is -0.474 e. The molecule has 0 spiro atoms. The second-order valence-corrected chi connectivity index (χ2v) is 10.1. The van der Waals surface area contributed by atoms with Crippen molar-refractivity contribution in [1.82, 2.24) is 15.3 Å². The van der Waals surface area contributed by atoms with Gasteiger partial charge in [0, 0.05) is 17.6 Å². The molecule has 3 aromatic heterocycles.